The van der Waals surface area contributed by atoms with Crippen molar-refractivity contribution in [2.45, 2.75) is 20.3 Å². The molecule has 170 valence electrons. The van der Waals surface area contributed by atoms with Crippen LogP contribution in [0.1, 0.15) is 35.3 Å². The smallest absolute Gasteiger partial charge is 0.361 e. The Kier molecular flexibility index (Phi) is 9.19. The summed E-state index contributed by atoms with van der Waals surface area (Å²) in [6.45, 7) is 3.72. The molecule has 0 saturated heterocycles. The molecule has 2 aromatic rings. The lowest BCUT2D eigenvalue weighted by molar-refractivity contribution is 0.103. The predicted molar refractivity (Wildman–Crippen MR) is 119 cm³/mol. The lowest BCUT2D eigenvalue weighted by Gasteiger charge is -2.18. The van der Waals surface area contributed by atoms with Crippen LogP contribution in [0.5, 0.6) is 5.75 Å². The molecule has 1 N–H and O–H groups in total. The van der Waals surface area contributed by atoms with Crippen molar-refractivity contribution in [2.75, 3.05) is 33.6 Å². The summed E-state index contributed by atoms with van der Waals surface area (Å²) in [5.74, 6) is -0.677. The van der Waals surface area contributed by atoms with Crippen LogP contribution >= 0.6 is 15.2 Å². The van der Waals surface area contributed by atoms with Crippen LogP contribution in [-0.4, -0.2) is 44.5 Å². The number of benzene rings is 2. The van der Waals surface area contributed by atoms with Crippen molar-refractivity contribution in [1.29, 1.82) is 0 Å². The first-order chi connectivity index (χ1) is 14.7. The van der Waals surface area contributed by atoms with Gasteiger partial charge in [0.05, 0.1) is 30.2 Å². The van der Waals surface area contributed by atoms with Crippen LogP contribution in [0.25, 0.3) is 0 Å². The molecule has 8 nitrogen and oxygen atoms in total. The maximum absolute atomic E-state index is 13.0. The van der Waals surface area contributed by atoms with Crippen LogP contribution in [0.2, 0.25) is 0 Å². The van der Waals surface area contributed by atoms with Crippen LogP contribution in [0.4, 0.5) is 0 Å². The maximum atomic E-state index is 13.0. The van der Waals surface area contributed by atoms with Gasteiger partial charge in [0.15, 0.2) is 5.78 Å². The standard InChI is InChI=1S/C21H28O8P2/c1-5-28-31(25,29-6-2)18-11-12-20(22)19(15-18)21(23)17-9-7-16(8-10-17)13-14-30(24,26-3)27-4/h7-12,15,22H,5-6,13-14H2,1-4H3. The molecule has 0 atom stereocenters. The van der Waals surface area contributed by atoms with Gasteiger partial charge >= 0.3 is 15.2 Å². The minimum atomic E-state index is -3.60. The number of carbonyl (C=O) groups excluding carboxylic acids is 1. The number of hydrogen-bond donors (Lipinski definition) is 1. The SMILES string of the molecule is CCOP(=O)(OCC)c1ccc(O)c(C(=O)c2ccc(CCP(=O)(OC)OC)cc2)c1. The predicted octanol–water partition coefficient (Wildman–Crippen LogP) is 4.54. The highest BCUT2D eigenvalue weighted by Crippen LogP contribution is 2.48. The monoisotopic (exact) mass is 470 g/mol. The quantitative estimate of drug-likeness (QED) is 0.356. The van der Waals surface area contributed by atoms with Crippen molar-refractivity contribution in [2.24, 2.45) is 0 Å². The largest absolute Gasteiger partial charge is 0.507 e. The van der Waals surface area contributed by atoms with Crippen LogP contribution in [-0.2, 0) is 33.6 Å². The number of phenolic OH excluding ortho intramolecular Hbond substituents is 1. The van der Waals surface area contributed by atoms with E-state index in [9.17, 15) is 19.0 Å². The fourth-order valence-corrected chi connectivity index (χ4v) is 5.55. The van der Waals surface area contributed by atoms with Gasteiger partial charge in [0.25, 0.3) is 0 Å². The third kappa shape index (κ3) is 6.36. The van der Waals surface area contributed by atoms with Gasteiger partial charge in [-0.15, -0.1) is 0 Å². The number of aromatic hydroxyl groups is 1. The Labute approximate surface area is 182 Å². The fraction of sp³-hybridized carbons (Fsp3) is 0.381. The molecular formula is C21H28O8P2. The highest BCUT2D eigenvalue weighted by Gasteiger charge is 2.29. The average Bonchev–Trinajstić information content (AvgIpc) is 2.78. The first-order valence-electron chi connectivity index (χ1n) is 9.78. The van der Waals surface area contributed by atoms with Gasteiger partial charge in [-0.3, -0.25) is 13.9 Å². The lowest BCUT2D eigenvalue weighted by Crippen LogP contribution is -2.13. The molecule has 0 amide bonds. The number of ketones is 1. The van der Waals surface area contributed by atoms with E-state index >= 15 is 0 Å². The summed E-state index contributed by atoms with van der Waals surface area (Å²) in [4.78, 5) is 13.0. The second kappa shape index (κ2) is 11.2. The molecule has 2 aromatic carbocycles. The van der Waals surface area contributed by atoms with E-state index in [1.165, 1.54) is 32.4 Å². The van der Waals surface area contributed by atoms with Crippen molar-refractivity contribution in [3.63, 3.8) is 0 Å². The average molecular weight is 470 g/mol. The molecule has 0 aliphatic heterocycles. The fourth-order valence-electron chi connectivity index (χ4n) is 2.90. The Morgan fingerprint density at radius 2 is 1.52 bits per heavy atom. The summed E-state index contributed by atoms with van der Waals surface area (Å²) in [5.41, 5.74) is 1.18. The third-order valence-electron chi connectivity index (χ3n) is 4.59. The Hall–Kier alpha value is -1.79. The molecule has 0 heterocycles. The molecular weight excluding hydrogens is 442 g/mol. The van der Waals surface area contributed by atoms with Crippen LogP contribution < -0.4 is 5.30 Å². The van der Waals surface area contributed by atoms with Gasteiger partial charge in [-0.1, -0.05) is 24.3 Å². The zero-order chi connectivity index (χ0) is 23.1. The Morgan fingerprint density at radius 3 is 2.03 bits per heavy atom. The molecule has 0 fully saturated rings. The van der Waals surface area contributed by atoms with Gasteiger partial charge in [0.2, 0.25) is 0 Å². The molecule has 0 aliphatic carbocycles. The first-order valence-corrected chi connectivity index (χ1v) is 13.1. The second-order valence-electron chi connectivity index (χ2n) is 6.51. The van der Waals surface area contributed by atoms with E-state index in [1.54, 1.807) is 38.1 Å². The number of phenols is 1. The van der Waals surface area contributed by atoms with E-state index in [2.05, 4.69) is 0 Å². The molecule has 0 saturated carbocycles. The van der Waals surface area contributed by atoms with Crippen molar-refractivity contribution < 1.29 is 37.1 Å². The lowest BCUT2D eigenvalue weighted by atomic mass is 10.0. The van der Waals surface area contributed by atoms with Crippen molar-refractivity contribution in [3.8, 4) is 5.75 Å². The zero-order valence-electron chi connectivity index (χ0n) is 18.1. The summed E-state index contributed by atoms with van der Waals surface area (Å²) >= 11 is 0. The highest BCUT2D eigenvalue weighted by molar-refractivity contribution is 7.62. The molecule has 0 bridgehead atoms. The van der Waals surface area contributed by atoms with E-state index in [0.717, 1.165) is 5.56 Å². The van der Waals surface area contributed by atoms with Crippen LogP contribution in [0.15, 0.2) is 42.5 Å². The molecule has 0 aliphatic rings. The number of rotatable bonds is 12. The van der Waals surface area contributed by atoms with Gasteiger partial charge in [-0.05, 0) is 44.0 Å². The van der Waals surface area contributed by atoms with E-state index in [-0.39, 0.29) is 36.0 Å². The molecule has 0 unspecified atom stereocenters. The molecule has 31 heavy (non-hydrogen) atoms. The van der Waals surface area contributed by atoms with Crippen molar-refractivity contribution in [3.05, 3.63) is 59.2 Å². The minimum absolute atomic E-state index is 0.00634. The summed E-state index contributed by atoms with van der Waals surface area (Å²) in [6, 6.07) is 10.7. The van der Waals surface area contributed by atoms with Crippen LogP contribution in [0, 0.1) is 0 Å². The van der Waals surface area contributed by atoms with Crippen molar-refractivity contribution in [1.82, 2.24) is 0 Å². The highest BCUT2D eigenvalue weighted by atomic mass is 31.2. The van der Waals surface area contributed by atoms with Gasteiger partial charge in [0.1, 0.15) is 5.75 Å². The van der Waals surface area contributed by atoms with Gasteiger partial charge in [-0.25, -0.2) is 0 Å². The van der Waals surface area contributed by atoms with E-state index < -0.39 is 21.0 Å². The van der Waals surface area contributed by atoms with Gasteiger partial charge < -0.3 is 23.2 Å². The summed E-state index contributed by atoms with van der Waals surface area (Å²) < 4.78 is 45.7. The normalized spacial score (nSPS) is 12.1. The van der Waals surface area contributed by atoms with E-state index in [4.69, 9.17) is 18.1 Å². The van der Waals surface area contributed by atoms with E-state index in [0.29, 0.717) is 12.0 Å². The molecule has 0 radical (unpaired) electrons. The zero-order valence-corrected chi connectivity index (χ0v) is 19.9. The Balaban J connectivity index is 2.26. The maximum Gasteiger partial charge on any atom is 0.361 e. The molecule has 2 rings (SSSR count). The summed E-state index contributed by atoms with van der Waals surface area (Å²) in [5, 5.41) is 10.4. The Morgan fingerprint density at radius 1 is 0.935 bits per heavy atom. The summed E-state index contributed by atoms with van der Waals surface area (Å²) in [7, 11) is -4.05. The molecule has 10 heteroatoms. The van der Waals surface area contributed by atoms with Crippen molar-refractivity contribution >= 4 is 26.3 Å². The molecule has 0 spiro atoms. The molecule has 0 aromatic heterocycles. The second-order valence-corrected chi connectivity index (χ2v) is 10.9. The number of carbonyl (C=O) groups is 1. The summed E-state index contributed by atoms with van der Waals surface area (Å²) in [6.07, 6.45) is 0.653. The Bertz CT molecular complexity index is 969. The minimum Gasteiger partial charge on any atom is -0.507 e. The topological polar surface area (TPSA) is 108 Å². The number of aryl methyl sites for hydroxylation is 1. The third-order valence-corrected chi connectivity index (χ3v) is 8.58. The van der Waals surface area contributed by atoms with Gasteiger partial charge in [-0.2, -0.15) is 0 Å². The van der Waals surface area contributed by atoms with Gasteiger partial charge in [0, 0.05) is 19.8 Å². The van der Waals surface area contributed by atoms with Crippen LogP contribution in [0.3, 0.4) is 0 Å². The van der Waals surface area contributed by atoms with E-state index in [1.807, 2.05) is 0 Å². The first kappa shape index (κ1) is 25.5. The number of hydrogen-bond acceptors (Lipinski definition) is 8.